The molecule has 1 amide bonds. The van der Waals surface area contributed by atoms with E-state index in [0.717, 1.165) is 0 Å². The Balaban J connectivity index is 1.75. The Labute approximate surface area is 140 Å². The Hall–Kier alpha value is -2.90. The highest BCUT2D eigenvalue weighted by Gasteiger charge is 2.26. The van der Waals surface area contributed by atoms with Crippen LogP contribution in [0.5, 0.6) is 5.88 Å². The number of nitrogens with zero attached hydrogens (tertiary/aromatic N) is 1. The molecule has 2 aromatic rings. The second kappa shape index (κ2) is 6.54. The number of benzene rings is 1. The molecule has 0 saturated carbocycles. The van der Waals surface area contributed by atoms with E-state index < -0.39 is 41.6 Å². The SMILES string of the molecule is CC1Oc2ncc(C(=O)NCc3c(F)cc(F)cc3F)cc2CC1=O. The van der Waals surface area contributed by atoms with Crippen molar-refractivity contribution in [1.29, 1.82) is 0 Å². The number of ether oxygens (including phenoxy) is 1. The summed E-state index contributed by atoms with van der Waals surface area (Å²) in [5.74, 6) is -3.71. The maximum atomic E-state index is 13.6. The third-order valence-corrected chi connectivity index (χ3v) is 3.83. The first kappa shape index (κ1) is 16.9. The first-order valence-corrected chi connectivity index (χ1v) is 7.45. The van der Waals surface area contributed by atoms with Gasteiger partial charge in [0.05, 0.1) is 5.56 Å². The van der Waals surface area contributed by atoms with Crippen LogP contribution >= 0.6 is 0 Å². The normalized spacial score (nSPS) is 16.2. The van der Waals surface area contributed by atoms with Gasteiger partial charge in [-0.1, -0.05) is 0 Å². The molecule has 1 atom stereocenters. The van der Waals surface area contributed by atoms with Crippen molar-refractivity contribution in [3.8, 4) is 5.88 Å². The third kappa shape index (κ3) is 3.47. The van der Waals surface area contributed by atoms with Crippen LogP contribution in [0.4, 0.5) is 13.2 Å². The van der Waals surface area contributed by atoms with Gasteiger partial charge in [-0.05, 0) is 13.0 Å². The van der Waals surface area contributed by atoms with Crippen molar-refractivity contribution in [3.05, 3.63) is 58.5 Å². The maximum Gasteiger partial charge on any atom is 0.253 e. The van der Waals surface area contributed by atoms with Gasteiger partial charge in [-0.3, -0.25) is 9.59 Å². The van der Waals surface area contributed by atoms with E-state index in [9.17, 15) is 22.8 Å². The Bertz CT molecular complexity index is 847. The van der Waals surface area contributed by atoms with Gasteiger partial charge < -0.3 is 10.1 Å². The summed E-state index contributed by atoms with van der Waals surface area (Å²) < 4.78 is 45.3. The molecule has 130 valence electrons. The van der Waals surface area contributed by atoms with Crippen molar-refractivity contribution in [2.24, 2.45) is 0 Å². The minimum atomic E-state index is -1.09. The quantitative estimate of drug-likeness (QED) is 0.923. The summed E-state index contributed by atoms with van der Waals surface area (Å²) in [5, 5.41) is 2.34. The van der Waals surface area contributed by atoms with Crippen molar-refractivity contribution in [1.82, 2.24) is 10.3 Å². The van der Waals surface area contributed by atoms with Crippen LogP contribution in [0.1, 0.15) is 28.4 Å². The molecule has 2 heterocycles. The lowest BCUT2D eigenvalue weighted by Crippen LogP contribution is -2.31. The van der Waals surface area contributed by atoms with E-state index in [2.05, 4.69) is 10.3 Å². The summed E-state index contributed by atoms with van der Waals surface area (Å²) in [7, 11) is 0. The van der Waals surface area contributed by atoms with Crippen LogP contribution in [0.3, 0.4) is 0 Å². The number of aromatic nitrogens is 1. The van der Waals surface area contributed by atoms with Gasteiger partial charge in [-0.15, -0.1) is 0 Å². The van der Waals surface area contributed by atoms with Crippen molar-refractivity contribution >= 4 is 11.7 Å². The zero-order chi connectivity index (χ0) is 18.1. The fourth-order valence-electron chi connectivity index (χ4n) is 2.43. The molecule has 1 aliphatic heterocycles. The smallest absolute Gasteiger partial charge is 0.253 e. The number of nitrogens with one attached hydrogen (secondary N) is 1. The van der Waals surface area contributed by atoms with Crippen LogP contribution in [0, 0.1) is 17.5 Å². The Morgan fingerprint density at radius 3 is 2.64 bits per heavy atom. The van der Waals surface area contributed by atoms with Crippen LogP contribution in [0.25, 0.3) is 0 Å². The Morgan fingerprint density at radius 1 is 1.28 bits per heavy atom. The molecule has 0 spiro atoms. The number of carbonyl (C=O) groups is 2. The van der Waals surface area contributed by atoms with Gasteiger partial charge in [-0.2, -0.15) is 0 Å². The van der Waals surface area contributed by atoms with E-state index in [1.807, 2.05) is 0 Å². The second-order valence-corrected chi connectivity index (χ2v) is 5.62. The van der Waals surface area contributed by atoms with Gasteiger partial charge in [0, 0.05) is 42.4 Å². The number of amides is 1. The molecule has 0 aliphatic carbocycles. The van der Waals surface area contributed by atoms with E-state index in [1.54, 1.807) is 6.92 Å². The molecule has 1 aliphatic rings. The highest BCUT2D eigenvalue weighted by Crippen LogP contribution is 2.24. The summed E-state index contributed by atoms with van der Waals surface area (Å²) in [4.78, 5) is 27.8. The van der Waals surface area contributed by atoms with E-state index in [1.165, 1.54) is 12.3 Å². The maximum absolute atomic E-state index is 13.6. The first-order chi connectivity index (χ1) is 11.8. The number of hydrogen-bond acceptors (Lipinski definition) is 4. The minimum absolute atomic E-state index is 0.0891. The molecular formula is C17H13F3N2O3. The molecule has 1 aromatic heterocycles. The molecule has 8 heteroatoms. The number of ketones is 1. The lowest BCUT2D eigenvalue weighted by Gasteiger charge is -2.21. The zero-order valence-corrected chi connectivity index (χ0v) is 13.1. The van der Waals surface area contributed by atoms with Gasteiger partial charge in [-0.25, -0.2) is 18.2 Å². The lowest BCUT2D eigenvalue weighted by molar-refractivity contribution is -0.125. The highest BCUT2D eigenvalue weighted by molar-refractivity contribution is 5.95. The standard InChI is InChI=1S/C17H13F3N2O3/c1-8-15(23)3-9-2-10(6-22-17(9)25-8)16(24)21-7-12-13(19)4-11(18)5-14(12)20/h2,4-6,8H,3,7H2,1H3,(H,21,24). The molecule has 1 unspecified atom stereocenters. The van der Waals surface area contributed by atoms with Crippen LogP contribution in [0.15, 0.2) is 24.4 Å². The second-order valence-electron chi connectivity index (χ2n) is 5.62. The monoisotopic (exact) mass is 350 g/mol. The average Bonchev–Trinajstić information content (AvgIpc) is 2.54. The van der Waals surface area contributed by atoms with E-state index >= 15 is 0 Å². The largest absolute Gasteiger partial charge is 0.466 e. The molecule has 25 heavy (non-hydrogen) atoms. The number of pyridine rings is 1. The summed E-state index contributed by atoms with van der Waals surface area (Å²) in [6.45, 7) is 1.15. The van der Waals surface area contributed by atoms with Crippen LogP contribution in [-0.4, -0.2) is 22.8 Å². The molecule has 1 N–H and O–H groups in total. The topological polar surface area (TPSA) is 68.3 Å². The number of carbonyl (C=O) groups excluding carboxylic acids is 2. The van der Waals surface area contributed by atoms with Gasteiger partial charge in [0.2, 0.25) is 5.88 Å². The van der Waals surface area contributed by atoms with Crippen molar-refractivity contribution in [3.63, 3.8) is 0 Å². The number of halogens is 3. The van der Waals surface area contributed by atoms with Crippen LogP contribution < -0.4 is 10.1 Å². The van der Waals surface area contributed by atoms with Crippen molar-refractivity contribution < 1.29 is 27.5 Å². The zero-order valence-electron chi connectivity index (χ0n) is 13.1. The molecule has 0 radical (unpaired) electrons. The van der Waals surface area contributed by atoms with E-state index in [4.69, 9.17) is 4.74 Å². The fraction of sp³-hybridized carbons (Fsp3) is 0.235. The summed E-state index contributed by atoms with van der Waals surface area (Å²) in [6.07, 6.45) is 0.740. The van der Waals surface area contributed by atoms with E-state index in [-0.39, 0.29) is 23.6 Å². The van der Waals surface area contributed by atoms with Gasteiger partial charge in [0.1, 0.15) is 17.5 Å². The number of rotatable bonds is 3. The highest BCUT2D eigenvalue weighted by atomic mass is 19.1. The van der Waals surface area contributed by atoms with E-state index in [0.29, 0.717) is 17.7 Å². The third-order valence-electron chi connectivity index (χ3n) is 3.83. The number of fused-ring (bicyclic) bond motifs is 1. The molecule has 5 nitrogen and oxygen atoms in total. The predicted octanol–water partition coefficient (Wildman–Crippen LogP) is 2.32. The molecule has 0 fully saturated rings. The predicted molar refractivity (Wildman–Crippen MR) is 80.5 cm³/mol. The van der Waals surface area contributed by atoms with Crippen molar-refractivity contribution in [2.75, 3.05) is 0 Å². The average molecular weight is 350 g/mol. The molecule has 3 rings (SSSR count). The molecule has 0 bridgehead atoms. The number of Topliss-reactive ketones (excluding diaryl/α,β-unsaturated/α-hetero) is 1. The fourth-order valence-corrected chi connectivity index (χ4v) is 2.43. The lowest BCUT2D eigenvalue weighted by atomic mass is 10.0. The molecule has 1 aromatic carbocycles. The molecule has 0 saturated heterocycles. The Morgan fingerprint density at radius 2 is 1.96 bits per heavy atom. The minimum Gasteiger partial charge on any atom is -0.466 e. The van der Waals surface area contributed by atoms with Gasteiger partial charge >= 0.3 is 0 Å². The first-order valence-electron chi connectivity index (χ1n) is 7.45. The summed E-state index contributed by atoms with van der Waals surface area (Å²) in [6, 6.07) is 2.52. The molecular weight excluding hydrogens is 337 g/mol. The van der Waals surface area contributed by atoms with Crippen LogP contribution in [-0.2, 0) is 17.8 Å². The summed E-state index contributed by atoms with van der Waals surface area (Å²) in [5.41, 5.74) is 0.135. The van der Waals surface area contributed by atoms with Gasteiger partial charge in [0.15, 0.2) is 11.9 Å². The number of hydrogen-bond donors (Lipinski definition) is 1. The van der Waals surface area contributed by atoms with Crippen molar-refractivity contribution in [2.45, 2.75) is 26.0 Å². The van der Waals surface area contributed by atoms with Gasteiger partial charge in [0.25, 0.3) is 5.91 Å². The Kier molecular flexibility index (Phi) is 4.43. The summed E-state index contributed by atoms with van der Waals surface area (Å²) >= 11 is 0. The van der Waals surface area contributed by atoms with Crippen LogP contribution in [0.2, 0.25) is 0 Å².